The lowest BCUT2D eigenvalue weighted by molar-refractivity contribution is -0.384. The molecule has 1 N–H and O–H groups in total. The van der Waals surface area contributed by atoms with Crippen molar-refractivity contribution in [3.63, 3.8) is 0 Å². The number of carbonyl (C=O) groups is 1. The third-order valence-corrected chi connectivity index (χ3v) is 6.36. The van der Waals surface area contributed by atoms with E-state index in [4.69, 9.17) is 4.42 Å². The number of furan rings is 1. The molecule has 2 heterocycles. The first-order valence-electron chi connectivity index (χ1n) is 11.8. The number of hydrogen-bond donors (Lipinski definition) is 1. The molecule has 3 aromatic carbocycles. The maximum Gasteiger partial charge on any atom is 0.270 e. The standard InChI is InChI=1S/C29H24FN3O4/c30-22-9-4-8-21(14-22)25(16-29(34)31-17-24-10-5-13-37-24)27-19-32(18-20-6-2-1-3-7-20)28-12-11-23(33(35)36)15-26(27)28/h1-15,19,25H,16-18H2,(H,31,34). The molecule has 0 aliphatic heterocycles. The van der Waals surface area contributed by atoms with Gasteiger partial charge in [-0.1, -0.05) is 42.5 Å². The highest BCUT2D eigenvalue weighted by atomic mass is 19.1. The Morgan fingerprint density at radius 1 is 1.03 bits per heavy atom. The Morgan fingerprint density at radius 3 is 2.59 bits per heavy atom. The molecule has 0 aliphatic carbocycles. The molecular formula is C29H24FN3O4. The fourth-order valence-electron chi connectivity index (χ4n) is 4.60. The van der Waals surface area contributed by atoms with Crippen molar-refractivity contribution in [2.75, 3.05) is 0 Å². The zero-order valence-corrected chi connectivity index (χ0v) is 19.8. The third kappa shape index (κ3) is 5.43. The number of non-ortho nitro benzene ring substituents is 1. The first-order chi connectivity index (χ1) is 18.0. The fourth-order valence-corrected chi connectivity index (χ4v) is 4.60. The third-order valence-electron chi connectivity index (χ3n) is 6.36. The Labute approximate surface area is 212 Å². The zero-order chi connectivity index (χ0) is 25.8. The van der Waals surface area contributed by atoms with Crippen molar-refractivity contribution in [1.82, 2.24) is 9.88 Å². The summed E-state index contributed by atoms with van der Waals surface area (Å²) >= 11 is 0. The molecule has 7 nitrogen and oxygen atoms in total. The van der Waals surface area contributed by atoms with Crippen molar-refractivity contribution in [3.05, 3.63) is 136 Å². The van der Waals surface area contributed by atoms with E-state index in [9.17, 15) is 19.3 Å². The Balaban J connectivity index is 1.58. The summed E-state index contributed by atoms with van der Waals surface area (Å²) in [4.78, 5) is 24.2. The fraction of sp³-hybridized carbons (Fsp3) is 0.138. The predicted octanol–water partition coefficient (Wildman–Crippen LogP) is 6.17. The van der Waals surface area contributed by atoms with Crippen LogP contribution in [0.3, 0.4) is 0 Å². The maximum absolute atomic E-state index is 14.3. The summed E-state index contributed by atoms with van der Waals surface area (Å²) in [6.07, 6.45) is 3.47. The number of halogens is 1. The van der Waals surface area contributed by atoms with E-state index in [1.165, 1.54) is 30.5 Å². The summed E-state index contributed by atoms with van der Waals surface area (Å²) in [6.45, 7) is 0.763. The highest BCUT2D eigenvalue weighted by Gasteiger charge is 2.25. The van der Waals surface area contributed by atoms with Crippen LogP contribution in [0.25, 0.3) is 10.9 Å². The Morgan fingerprint density at radius 2 is 1.86 bits per heavy atom. The SMILES string of the molecule is O=C(CC(c1cccc(F)c1)c1cn(Cc2ccccc2)c2ccc([N+](=O)[O-])cc12)NCc1ccco1. The molecule has 37 heavy (non-hydrogen) atoms. The summed E-state index contributed by atoms with van der Waals surface area (Å²) < 4.78 is 21.6. The minimum absolute atomic E-state index is 0.0251. The van der Waals surface area contributed by atoms with Gasteiger partial charge in [0.15, 0.2) is 0 Å². The van der Waals surface area contributed by atoms with Gasteiger partial charge in [-0.25, -0.2) is 4.39 Å². The molecule has 5 aromatic rings. The van der Waals surface area contributed by atoms with Crippen LogP contribution in [0.2, 0.25) is 0 Å². The molecule has 0 radical (unpaired) electrons. The Bertz CT molecular complexity index is 1540. The molecule has 5 rings (SSSR count). The Kier molecular flexibility index (Phi) is 6.81. The number of nitro groups is 1. The van der Waals surface area contributed by atoms with Crippen LogP contribution in [0, 0.1) is 15.9 Å². The molecule has 2 aromatic heterocycles. The number of nitrogens with one attached hydrogen (secondary N) is 1. The smallest absolute Gasteiger partial charge is 0.270 e. The summed E-state index contributed by atoms with van der Waals surface area (Å²) in [5, 5.41) is 15.1. The van der Waals surface area contributed by atoms with E-state index in [1.54, 1.807) is 30.3 Å². The predicted molar refractivity (Wildman–Crippen MR) is 138 cm³/mol. The van der Waals surface area contributed by atoms with Crippen LogP contribution in [0.4, 0.5) is 10.1 Å². The monoisotopic (exact) mass is 497 g/mol. The van der Waals surface area contributed by atoms with Crippen molar-refractivity contribution in [2.24, 2.45) is 0 Å². The largest absolute Gasteiger partial charge is 0.467 e. The van der Waals surface area contributed by atoms with Crippen molar-refractivity contribution in [2.45, 2.75) is 25.4 Å². The van der Waals surface area contributed by atoms with E-state index in [-0.39, 0.29) is 24.6 Å². The molecule has 0 bridgehead atoms. The van der Waals surface area contributed by atoms with E-state index in [0.29, 0.717) is 28.8 Å². The van der Waals surface area contributed by atoms with Gasteiger partial charge in [0.2, 0.25) is 5.91 Å². The normalized spacial score (nSPS) is 11.9. The van der Waals surface area contributed by atoms with Crippen LogP contribution in [0.5, 0.6) is 0 Å². The van der Waals surface area contributed by atoms with Gasteiger partial charge in [0.05, 0.1) is 17.7 Å². The highest BCUT2D eigenvalue weighted by Crippen LogP contribution is 2.37. The molecule has 0 saturated carbocycles. The molecule has 1 unspecified atom stereocenters. The number of carbonyl (C=O) groups excluding carboxylic acids is 1. The maximum atomic E-state index is 14.3. The van der Waals surface area contributed by atoms with E-state index in [0.717, 1.165) is 11.1 Å². The number of amides is 1. The van der Waals surface area contributed by atoms with Crippen molar-refractivity contribution < 1.29 is 18.5 Å². The first-order valence-corrected chi connectivity index (χ1v) is 11.8. The van der Waals surface area contributed by atoms with Gasteiger partial charge in [0, 0.05) is 48.1 Å². The summed E-state index contributed by atoms with van der Waals surface area (Å²) in [5.41, 5.74) is 3.13. The number of hydrogen-bond acceptors (Lipinski definition) is 4. The zero-order valence-electron chi connectivity index (χ0n) is 19.8. The molecule has 1 amide bonds. The second-order valence-electron chi connectivity index (χ2n) is 8.82. The first kappa shape index (κ1) is 24.0. The number of benzene rings is 3. The molecular weight excluding hydrogens is 473 g/mol. The van der Waals surface area contributed by atoms with Gasteiger partial charge in [-0.2, -0.15) is 0 Å². The number of aromatic nitrogens is 1. The topological polar surface area (TPSA) is 90.3 Å². The summed E-state index contributed by atoms with van der Waals surface area (Å²) in [6, 6.07) is 24.2. The van der Waals surface area contributed by atoms with Gasteiger partial charge in [0.25, 0.3) is 5.69 Å². The van der Waals surface area contributed by atoms with Crippen molar-refractivity contribution in [3.8, 4) is 0 Å². The van der Waals surface area contributed by atoms with Crippen LogP contribution in [-0.4, -0.2) is 15.4 Å². The molecule has 0 spiro atoms. The van der Waals surface area contributed by atoms with Gasteiger partial charge >= 0.3 is 0 Å². The quantitative estimate of drug-likeness (QED) is 0.195. The number of rotatable bonds is 9. The van der Waals surface area contributed by atoms with Gasteiger partial charge in [0.1, 0.15) is 11.6 Å². The lowest BCUT2D eigenvalue weighted by atomic mass is 9.88. The van der Waals surface area contributed by atoms with Crippen LogP contribution >= 0.6 is 0 Å². The van der Waals surface area contributed by atoms with Gasteiger partial charge in [-0.3, -0.25) is 14.9 Å². The molecule has 186 valence electrons. The minimum atomic E-state index is -0.533. The molecule has 0 aliphatic rings. The van der Waals surface area contributed by atoms with E-state index < -0.39 is 16.7 Å². The molecule has 0 saturated heterocycles. The van der Waals surface area contributed by atoms with Crippen LogP contribution < -0.4 is 5.32 Å². The van der Waals surface area contributed by atoms with Crippen LogP contribution in [0.15, 0.2) is 102 Å². The molecule has 0 fully saturated rings. The summed E-state index contributed by atoms with van der Waals surface area (Å²) in [7, 11) is 0. The Hall–Kier alpha value is -4.72. The van der Waals surface area contributed by atoms with Gasteiger partial charge in [-0.05, 0) is 47.0 Å². The van der Waals surface area contributed by atoms with Crippen LogP contribution in [0.1, 0.15) is 34.8 Å². The second kappa shape index (κ2) is 10.5. The van der Waals surface area contributed by atoms with E-state index in [1.807, 2.05) is 41.1 Å². The molecule has 8 heteroatoms. The second-order valence-corrected chi connectivity index (χ2v) is 8.82. The van der Waals surface area contributed by atoms with E-state index >= 15 is 0 Å². The number of fused-ring (bicyclic) bond motifs is 1. The number of nitro benzene ring substituents is 1. The summed E-state index contributed by atoms with van der Waals surface area (Å²) in [5.74, 6) is -0.586. The van der Waals surface area contributed by atoms with E-state index in [2.05, 4.69) is 5.32 Å². The average Bonchev–Trinajstić information content (AvgIpc) is 3.55. The molecule has 1 atom stereocenters. The minimum Gasteiger partial charge on any atom is -0.467 e. The highest BCUT2D eigenvalue weighted by molar-refractivity contribution is 5.88. The average molecular weight is 498 g/mol. The van der Waals surface area contributed by atoms with Crippen LogP contribution in [-0.2, 0) is 17.9 Å². The number of nitrogens with zero attached hydrogens (tertiary/aromatic N) is 2. The van der Waals surface area contributed by atoms with Gasteiger partial charge < -0.3 is 14.3 Å². The van der Waals surface area contributed by atoms with Gasteiger partial charge in [-0.15, -0.1) is 0 Å². The van der Waals surface area contributed by atoms with Crippen molar-refractivity contribution in [1.29, 1.82) is 0 Å². The lowest BCUT2D eigenvalue weighted by Crippen LogP contribution is -2.24. The lowest BCUT2D eigenvalue weighted by Gasteiger charge is -2.17. The van der Waals surface area contributed by atoms with Crippen molar-refractivity contribution >= 4 is 22.5 Å².